The van der Waals surface area contributed by atoms with Crippen molar-refractivity contribution < 1.29 is 16.2 Å². The third-order valence-corrected chi connectivity index (χ3v) is 0. The average Bonchev–Trinajstić information content (AvgIpc) is 0.722. The Kier molecular flexibility index (Phi) is 2.33. The minimum atomic E-state index is -2.00. The van der Waals surface area contributed by atoms with Crippen LogP contribution in [0.3, 0.4) is 0 Å². The molecule has 0 aromatic rings. The van der Waals surface area contributed by atoms with E-state index >= 15 is 0 Å². The Morgan fingerprint density at radius 1 is 1.20 bits per heavy atom. The fraction of sp³-hybridized carbons (Fsp3) is 1.00. The summed E-state index contributed by atoms with van der Waals surface area (Å²) in [5.74, 6) is 0. The summed E-state index contributed by atoms with van der Waals surface area (Å²) in [5, 5.41) is 0. The van der Waals surface area contributed by atoms with Gasteiger partial charge in [-0.15, -0.1) is 0 Å². The van der Waals surface area contributed by atoms with Crippen molar-refractivity contribution in [2.75, 3.05) is 9.86 Å². The Labute approximate surface area is 43.8 Å². The molecule has 0 N–H and O–H groups in total. The molecular formula is C2H6Cl2I-. The van der Waals surface area contributed by atoms with E-state index in [0.29, 0.717) is 0 Å². The summed E-state index contributed by atoms with van der Waals surface area (Å²) in [7, 11) is 11.0. The molecule has 0 atom stereocenters. The first-order valence-corrected chi connectivity index (χ1v) is 10.8. The van der Waals surface area contributed by atoms with Crippen LogP contribution in [0, 0.1) is 0 Å². The number of hydrogen-bond donors (Lipinski definition) is 0. The van der Waals surface area contributed by atoms with Gasteiger partial charge in [0.1, 0.15) is 0 Å². The van der Waals surface area contributed by atoms with Crippen molar-refractivity contribution in [2.45, 2.75) is 0 Å². The molecule has 0 amide bonds. The van der Waals surface area contributed by atoms with Gasteiger partial charge in [-0.2, -0.15) is 0 Å². The van der Waals surface area contributed by atoms with Gasteiger partial charge in [-0.3, -0.25) is 0 Å². The molecule has 0 nitrogen and oxygen atoms in total. The van der Waals surface area contributed by atoms with Crippen molar-refractivity contribution in [3.63, 3.8) is 0 Å². The van der Waals surface area contributed by atoms with E-state index in [9.17, 15) is 0 Å². The summed E-state index contributed by atoms with van der Waals surface area (Å²) in [4.78, 5) is 3.80. The van der Waals surface area contributed by atoms with Gasteiger partial charge >= 0.3 is 43.9 Å². The van der Waals surface area contributed by atoms with Crippen molar-refractivity contribution in [3.05, 3.63) is 0 Å². The van der Waals surface area contributed by atoms with E-state index in [1.54, 1.807) is 0 Å². The molecule has 0 aliphatic rings. The molecule has 0 aliphatic heterocycles. The molecule has 0 radical (unpaired) electrons. The molecule has 5 heavy (non-hydrogen) atoms. The molecule has 0 saturated heterocycles. The van der Waals surface area contributed by atoms with Crippen LogP contribution >= 0.6 is 17.8 Å². The molecular weight excluding hydrogens is 222 g/mol. The minimum absolute atomic E-state index is 1.90. The van der Waals surface area contributed by atoms with Crippen LogP contribution in [-0.4, -0.2) is 9.86 Å². The van der Waals surface area contributed by atoms with Crippen LogP contribution in [0.15, 0.2) is 0 Å². The van der Waals surface area contributed by atoms with E-state index in [-0.39, 0.29) is 0 Å². The first kappa shape index (κ1) is 6.31. The second-order valence-electron chi connectivity index (χ2n) is 1.00. The van der Waals surface area contributed by atoms with Crippen LogP contribution in [0.1, 0.15) is 0 Å². The Balaban J connectivity index is 3.02. The van der Waals surface area contributed by atoms with Crippen molar-refractivity contribution in [1.82, 2.24) is 0 Å². The summed E-state index contributed by atoms with van der Waals surface area (Å²) in [5.41, 5.74) is 0. The van der Waals surface area contributed by atoms with E-state index in [0.717, 1.165) is 0 Å². The van der Waals surface area contributed by atoms with Crippen LogP contribution in [-0.2, 0) is 0 Å². The van der Waals surface area contributed by atoms with Gasteiger partial charge in [-0.05, 0) is 0 Å². The maximum atomic E-state index is 5.48. The standard InChI is InChI=1S/C2H6Cl2I/c1-5(2,3)4/h1-2H3/q-1. The van der Waals surface area contributed by atoms with Crippen molar-refractivity contribution >= 4 is 17.8 Å². The van der Waals surface area contributed by atoms with Gasteiger partial charge in [-0.1, -0.05) is 0 Å². The Morgan fingerprint density at radius 2 is 1.20 bits per heavy atom. The second-order valence-corrected chi connectivity index (χ2v) is 17.3. The zero-order chi connectivity index (χ0) is 4.50. The van der Waals surface area contributed by atoms with Gasteiger partial charge in [0.05, 0.1) is 0 Å². The fourth-order valence-corrected chi connectivity index (χ4v) is 0. The van der Waals surface area contributed by atoms with E-state index in [2.05, 4.69) is 0 Å². The van der Waals surface area contributed by atoms with Crippen LogP contribution < -0.4 is 16.2 Å². The van der Waals surface area contributed by atoms with Crippen LogP contribution in [0.5, 0.6) is 0 Å². The molecule has 36 valence electrons. The molecule has 3 heteroatoms. The predicted molar refractivity (Wildman–Crippen MR) is 23.6 cm³/mol. The number of hydrogen-bond acceptors (Lipinski definition) is 0. The van der Waals surface area contributed by atoms with Crippen LogP contribution in [0.4, 0.5) is 0 Å². The molecule has 0 heterocycles. The van der Waals surface area contributed by atoms with E-state index < -0.39 is 16.2 Å². The molecule has 0 saturated carbocycles. The molecule has 0 unspecified atom stereocenters. The van der Waals surface area contributed by atoms with Gasteiger partial charge in [0.15, 0.2) is 0 Å². The van der Waals surface area contributed by atoms with Gasteiger partial charge in [0.25, 0.3) is 0 Å². The van der Waals surface area contributed by atoms with E-state index in [1.165, 1.54) is 0 Å². The molecule has 0 spiro atoms. The topological polar surface area (TPSA) is 0 Å². The third-order valence-electron chi connectivity index (χ3n) is 0. The summed E-state index contributed by atoms with van der Waals surface area (Å²) in [6.45, 7) is 0. The Hall–Kier alpha value is 1.31. The second kappa shape index (κ2) is 1.85. The molecule has 0 aromatic heterocycles. The van der Waals surface area contributed by atoms with E-state index in [1.807, 2.05) is 9.86 Å². The molecule has 0 rings (SSSR count). The third kappa shape index (κ3) is 33.9. The zero-order valence-corrected chi connectivity index (χ0v) is 6.80. The van der Waals surface area contributed by atoms with Gasteiger partial charge < -0.3 is 0 Å². The number of halogens is 3. The van der Waals surface area contributed by atoms with Crippen molar-refractivity contribution in [2.24, 2.45) is 0 Å². The molecule has 0 aromatic carbocycles. The zero-order valence-electron chi connectivity index (χ0n) is 3.13. The SMILES string of the molecule is C[I-](C)(Cl)Cl. The predicted octanol–water partition coefficient (Wildman–Crippen LogP) is -1.29. The van der Waals surface area contributed by atoms with Gasteiger partial charge in [0, 0.05) is 0 Å². The summed E-state index contributed by atoms with van der Waals surface area (Å²) in [6, 6.07) is 0. The Bertz CT molecular complexity index is 23.1. The first-order valence-electron chi connectivity index (χ1n) is 1.04. The molecule has 0 bridgehead atoms. The quantitative estimate of drug-likeness (QED) is 0.357. The summed E-state index contributed by atoms with van der Waals surface area (Å²) in [6.07, 6.45) is 0. The van der Waals surface area contributed by atoms with Crippen molar-refractivity contribution in [1.29, 1.82) is 0 Å². The van der Waals surface area contributed by atoms with Gasteiger partial charge in [0.2, 0.25) is 0 Å². The van der Waals surface area contributed by atoms with Crippen molar-refractivity contribution in [3.8, 4) is 0 Å². The average molecular weight is 228 g/mol. The molecule has 0 fully saturated rings. The fourth-order valence-electron chi connectivity index (χ4n) is 0. The summed E-state index contributed by atoms with van der Waals surface area (Å²) >= 11 is -2.00. The van der Waals surface area contributed by atoms with Gasteiger partial charge in [-0.25, -0.2) is 0 Å². The van der Waals surface area contributed by atoms with Crippen LogP contribution in [0.2, 0.25) is 0 Å². The van der Waals surface area contributed by atoms with Crippen LogP contribution in [0.25, 0.3) is 0 Å². The maximum absolute atomic E-state index is 5.48. The summed E-state index contributed by atoms with van der Waals surface area (Å²) < 4.78 is 0. The van der Waals surface area contributed by atoms with E-state index in [4.69, 9.17) is 17.8 Å². The Morgan fingerprint density at radius 3 is 1.20 bits per heavy atom. The number of rotatable bonds is 0. The molecule has 0 aliphatic carbocycles. The first-order chi connectivity index (χ1) is 2.00. The number of alkyl halides is 2. The monoisotopic (exact) mass is 227 g/mol. The normalized spacial score (nSPS) is 15.2.